The number of nitrogens with zero attached hydrogens (tertiary/aromatic N) is 2. The molecular weight excluding hydrogens is 352 g/mol. The number of benzene rings is 1. The molecule has 1 atom stereocenters. The van der Waals surface area contributed by atoms with E-state index in [-0.39, 0.29) is 23.5 Å². The van der Waals surface area contributed by atoms with Gasteiger partial charge in [0.2, 0.25) is 5.88 Å². The molecule has 0 aliphatic carbocycles. The number of hydrogen-bond donors (Lipinski definition) is 0. The number of ether oxygens (including phenoxy) is 1. The second-order valence-corrected chi connectivity index (χ2v) is 8.54. The highest BCUT2D eigenvalue weighted by molar-refractivity contribution is 7.91. The lowest BCUT2D eigenvalue weighted by Gasteiger charge is -2.27. The zero-order valence-electron chi connectivity index (χ0n) is 14.9. The van der Waals surface area contributed by atoms with Crippen LogP contribution in [0.2, 0.25) is 0 Å². The number of rotatable bonds is 5. The predicted molar refractivity (Wildman–Crippen MR) is 100.0 cm³/mol. The van der Waals surface area contributed by atoms with Gasteiger partial charge in [-0.15, -0.1) is 0 Å². The van der Waals surface area contributed by atoms with Crippen molar-refractivity contribution in [3.05, 3.63) is 48.2 Å². The molecule has 1 aromatic carbocycles. The van der Waals surface area contributed by atoms with Gasteiger partial charge in [0, 0.05) is 36.0 Å². The monoisotopic (exact) mass is 374 g/mol. The van der Waals surface area contributed by atoms with E-state index in [2.05, 4.69) is 4.98 Å². The van der Waals surface area contributed by atoms with Crippen molar-refractivity contribution in [1.82, 2.24) is 9.88 Å². The number of sulfone groups is 1. The first kappa shape index (κ1) is 18.4. The van der Waals surface area contributed by atoms with Crippen LogP contribution in [0.5, 0.6) is 5.88 Å². The van der Waals surface area contributed by atoms with E-state index in [1.54, 1.807) is 36.4 Å². The minimum Gasteiger partial charge on any atom is -0.481 e. The van der Waals surface area contributed by atoms with Gasteiger partial charge in [-0.2, -0.15) is 0 Å². The molecule has 138 valence electrons. The highest BCUT2D eigenvalue weighted by Gasteiger charge is 2.34. The van der Waals surface area contributed by atoms with Gasteiger partial charge in [-0.3, -0.25) is 4.79 Å². The van der Waals surface area contributed by atoms with E-state index >= 15 is 0 Å². The largest absolute Gasteiger partial charge is 0.481 e. The zero-order chi connectivity index (χ0) is 18.7. The van der Waals surface area contributed by atoms with E-state index in [9.17, 15) is 13.2 Å². The third kappa shape index (κ3) is 3.88. The van der Waals surface area contributed by atoms with Crippen molar-refractivity contribution >= 4 is 15.7 Å². The summed E-state index contributed by atoms with van der Waals surface area (Å²) in [4.78, 5) is 18.7. The Labute approximate surface area is 153 Å². The van der Waals surface area contributed by atoms with Crippen LogP contribution in [0.4, 0.5) is 0 Å². The molecule has 1 aliphatic rings. The van der Waals surface area contributed by atoms with Crippen LogP contribution < -0.4 is 4.74 Å². The molecule has 1 amide bonds. The average Bonchev–Trinajstić information content (AvgIpc) is 3.02. The Hall–Kier alpha value is -2.41. The van der Waals surface area contributed by atoms with Gasteiger partial charge in [0.15, 0.2) is 9.84 Å². The molecule has 2 aromatic rings. The maximum absolute atomic E-state index is 12.8. The molecule has 7 heteroatoms. The van der Waals surface area contributed by atoms with E-state index < -0.39 is 9.84 Å². The molecular formula is C19H22N2O4S. The summed E-state index contributed by atoms with van der Waals surface area (Å²) >= 11 is 0. The van der Waals surface area contributed by atoms with Crippen LogP contribution in [-0.2, 0) is 9.84 Å². The van der Waals surface area contributed by atoms with Crippen molar-refractivity contribution in [2.45, 2.75) is 19.4 Å². The van der Waals surface area contributed by atoms with Crippen molar-refractivity contribution < 1.29 is 17.9 Å². The van der Waals surface area contributed by atoms with Crippen LogP contribution >= 0.6 is 0 Å². The van der Waals surface area contributed by atoms with Crippen molar-refractivity contribution in [3.8, 4) is 17.0 Å². The van der Waals surface area contributed by atoms with Crippen LogP contribution in [0.15, 0.2) is 42.6 Å². The van der Waals surface area contributed by atoms with E-state index in [4.69, 9.17) is 4.74 Å². The number of hydrogen-bond acceptors (Lipinski definition) is 5. The van der Waals surface area contributed by atoms with Gasteiger partial charge < -0.3 is 9.64 Å². The quantitative estimate of drug-likeness (QED) is 0.803. The Morgan fingerprint density at radius 2 is 1.88 bits per heavy atom. The molecule has 2 heterocycles. The molecule has 0 N–H and O–H groups in total. The van der Waals surface area contributed by atoms with Crippen molar-refractivity contribution in [1.29, 1.82) is 0 Å². The summed E-state index contributed by atoms with van der Waals surface area (Å²) in [6.07, 6.45) is 2.23. The highest BCUT2D eigenvalue weighted by atomic mass is 32.2. The smallest absolute Gasteiger partial charge is 0.254 e. The molecule has 1 aromatic heterocycles. The van der Waals surface area contributed by atoms with Crippen LogP contribution in [-0.4, -0.2) is 55.4 Å². The van der Waals surface area contributed by atoms with Gasteiger partial charge >= 0.3 is 0 Å². The van der Waals surface area contributed by atoms with E-state index in [0.717, 1.165) is 11.1 Å². The van der Waals surface area contributed by atoms with Gasteiger partial charge in [-0.25, -0.2) is 13.4 Å². The Morgan fingerprint density at radius 3 is 2.38 bits per heavy atom. The summed E-state index contributed by atoms with van der Waals surface area (Å²) in [5.74, 6) is 0.632. The maximum Gasteiger partial charge on any atom is 0.254 e. The molecule has 1 saturated heterocycles. The summed E-state index contributed by atoms with van der Waals surface area (Å²) in [5, 5.41) is 0. The van der Waals surface area contributed by atoms with Gasteiger partial charge in [-0.05, 0) is 37.1 Å². The van der Waals surface area contributed by atoms with Gasteiger partial charge in [0.1, 0.15) is 0 Å². The molecule has 1 fully saturated rings. The molecule has 6 nitrogen and oxygen atoms in total. The minimum atomic E-state index is -3.03. The van der Waals surface area contributed by atoms with Gasteiger partial charge in [0.25, 0.3) is 5.91 Å². The Balaban J connectivity index is 1.77. The lowest BCUT2D eigenvalue weighted by Crippen LogP contribution is -2.40. The van der Waals surface area contributed by atoms with Crippen LogP contribution in [0.1, 0.15) is 23.7 Å². The highest BCUT2D eigenvalue weighted by Crippen LogP contribution is 2.23. The molecule has 26 heavy (non-hydrogen) atoms. The van der Waals surface area contributed by atoms with Crippen molar-refractivity contribution in [3.63, 3.8) is 0 Å². The van der Waals surface area contributed by atoms with Crippen LogP contribution in [0.25, 0.3) is 11.1 Å². The molecule has 0 saturated carbocycles. The normalized spacial score (nSPS) is 18.5. The first-order valence-corrected chi connectivity index (χ1v) is 10.4. The summed E-state index contributed by atoms with van der Waals surface area (Å²) in [6.45, 7) is 2.36. The Kier molecular flexibility index (Phi) is 5.27. The van der Waals surface area contributed by atoms with Gasteiger partial charge in [-0.1, -0.05) is 12.1 Å². The molecule has 0 bridgehead atoms. The fourth-order valence-electron chi connectivity index (χ4n) is 3.23. The first-order valence-electron chi connectivity index (χ1n) is 8.55. The lowest BCUT2D eigenvalue weighted by molar-refractivity contribution is 0.0708. The molecule has 0 radical (unpaired) electrons. The standard InChI is InChI=1S/C19H22N2O4S/c1-3-21(17-10-11-26(23,24)13-17)19(22)15-6-4-14(5-7-15)16-8-9-18(25-2)20-12-16/h4-9,12,17H,3,10-11,13H2,1-2H3/t17-/m0/s1. The minimum absolute atomic E-state index is 0.0577. The number of amides is 1. The summed E-state index contributed by atoms with van der Waals surface area (Å²) < 4.78 is 28.5. The van der Waals surface area contributed by atoms with E-state index in [1.165, 1.54) is 0 Å². The van der Waals surface area contributed by atoms with Gasteiger partial charge in [0.05, 0.1) is 18.6 Å². The fraction of sp³-hybridized carbons (Fsp3) is 0.368. The van der Waals surface area contributed by atoms with E-state index in [0.29, 0.717) is 24.4 Å². The Morgan fingerprint density at radius 1 is 1.19 bits per heavy atom. The molecule has 0 spiro atoms. The number of methoxy groups -OCH3 is 1. The number of carbonyl (C=O) groups excluding carboxylic acids is 1. The number of carbonyl (C=O) groups is 1. The summed E-state index contributed by atoms with van der Waals surface area (Å²) in [5.41, 5.74) is 2.43. The number of pyridine rings is 1. The SMILES string of the molecule is CCN(C(=O)c1ccc(-c2ccc(OC)nc2)cc1)[C@H]1CCS(=O)(=O)C1. The third-order valence-corrected chi connectivity index (χ3v) is 6.41. The molecule has 3 rings (SSSR count). The van der Waals surface area contributed by atoms with E-state index in [1.807, 2.05) is 25.1 Å². The van der Waals surface area contributed by atoms with Crippen molar-refractivity contribution in [2.24, 2.45) is 0 Å². The average molecular weight is 374 g/mol. The summed E-state index contributed by atoms with van der Waals surface area (Å²) in [6, 6.07) is 10.7. The predicted octanol–water partition coefficient (Wildman–Crippen LogP) is 2.41. The lowest BCUT2D eigenvalue weighted by atomic mass is 10.0. The number of aromatic nitrogens is 1. The molecule has 0 unspecified atom stereocenters. The van der Waals surface area contributed by atoms with Crippen LogP contribution in [0.3, 0.4) is 0 Å². The van der Waals surface area contributed by atoms with Crippen LogP contribution in [0, 0.1) is 0 Å². The third-order valence-electron chi connectivity index (χ3n) is 4.66. The maximum atomic E-state index is 12.8. The zero-order valence-corrected chi connectivity index (χ0v) is 15.7. The topological polar surface area (TPSA) is 76.6 Å². The second kappa shape index (κ2) is 7.45. The Bertz CT molecular complexity index is 877. The van der Waals surface area contributed by atoms with Crippen molar-refractivity contribution in [2.75, 3.05) is 25.2 Å². The first-order chi connectivity index (χ1) is 12.4. The molecule has 1 aliphatic heterocycles. The second-order valence-electron chi connectivity index (χ2n) is 6.31. The fourth-order valence-corrected chi connectivity index (χ4v) is 4.96. The summed E-state index contributed by atoms with van der Waals surface area (Å²) in [7, 11) is -1.46.